The van der Waals surface area contributed by atoms with Crippen molar-refractivity contribution in [3.05, 3.63) is 29.2 Å². The molecule has 0 aliphatic carbocycles. The summed E-state index contributed by atoms with van der Waals surface area (Å²) >= 11 is 1.56. The largest absolute Gasteiger partial charge is 0.316 e. The van der Waals surface area contributed by atoms with Crippen LogP contribution in [0.4, 0.5) is 10.9 Å². The van der Waals surface area contributed by atoms with Gasteiger partial charge in [-0.05, 0) is 6.92 Å². The highest BCUT2D eigenvalue weighted by Gasteiger charge is 2.21. The lowest BCUT2D eigenvalue weighted by Crippen LogP contribution is -2.40. The molecule has 5 nitrogen and oxygen atoms in total. The van der Waals surface area contributed by atoms with Crippen LogP contribution in [-0.4, -0.2) is 28.0 Å². The lowest BCUT2D eigenvalue weighted by Gasteiger charge is -2.26. The molecule has 6 heteroatoms. The Bertz CT molecular complexity index is 507. The van der Waals surface area contributed by atoms with E-state index in [2.05, 4.69) is 25.6 Å². The molecule has 0 saturated carbocycles. The molecule has 1 saturated heterocycles. The van der Waals surface area contributed by atoms with Gasteiger partial charge in [-0.25, -0.2) is 15.0 Å². The van der Waals surface area contributed by atoms with Crippen molar-refractivity contribution in [3.63, 3.8) is 0 Å². The summed E-state index contributed by atoms with van der Waals surface area (Å²) in [6, 6.07) is 2.01. The number of nitrogens with one attached hydrogen (secondary N) is 2. The van der Waals surface area contributed by atoms with Crippen LogP contribution in [0.5, 0.6) is 0 Å². The minimum absolute atomic E-state index is 0.522. The number of aromatic nitrogens is 3. The van der Waals surface area contributed by atoms with E-state index in [0.29, 0.717) is 5.92 Å². The molecule has 0 spiro atoms. The van der Waals surface area contributed by atoms with E-state index in [1.807, 2.05) is 18.4 Å². The maximum Gasteiger partial charge on any atom is 0.188 e. The van der Waals surface area contributed by atoms with Crippen LogP contribution in [0.1, 0.15) is 17.4 Å². The van der Waals surface area contributed by atoms with Gasteiger partial charge in [0.1, 0.15) is 11.6 Å². The standard InChI is InChI=1S/C11H13N5S/c1-7-14-9(8-5-12-6-8)4-10(15-7)16-11-13-2-3-17-11/h2-4,8,12H,5-6H2,1H3,(H,13,14,15,16). The lowest BCUT2D eigenvalue weighted by molar-refractivity contribution is 0.438. The van der Waals surface area contributed by atoms with Gasteiger partial charge >= 0.3 is 0 Å². The second-order valence-corrected chi connectivity index (χ2v) is 4.94. The van der Waals surface area contributed by atoms with E-state index in [4.69, 9.17) is 0 Å². The van der Waals surface area contributed by atoms with Crippen LogP contribution < -0.4 is 10.6 Å². The molecular weight excluding hydrogens is 234 g/mol. The first-order valence-corrected chi connectivity index (χ1v) is 6.42. The summed E-state index contributed by atoms with van der Waals surface area (Å²) in [4.78, 5) is 13.0. The Morgan fingerprint density at radius 2 is 2.29 bits per heavy atom. The van der Waals surface area contributed by atoms with Crippen LogP contribution in [0.3, 0.4) is 0 Å². The molecule has 0 amide bonds. The summed E-state index contributed by atoms with van der Waals surface area (Å²) in [6.45, 7) is 3.93. The third-order valence-corrected chi connectivity index (χ3v) is 3.41. The van der Waals surface area contributed by atoms with Gasteiger partial charge in [0.25, 0.3) is 0 Å². The van der Waals surface area contributed by atoms with Gasteiger partial charge in [-0.15, -0.1) is 11.3 Å². The van der Waals surface area contributed by atoms with Crippen molar-refractivity contribution in [2.75, 3.05) is 18.4 Å². The first-order chi connectivity index (χ1) is 8.31. The average molecular weight is 247 g/mol. The molecule has 17 heavy (non-hydrogen) atoms. The number of thiazole rings is 1. The van der Waals surface area contributed by atoms with E-state index in [1.165, 1.54) is 0 Å². The third kappa shape index (κ3) is 2.27. The number of hydrogen-bond donors (Lipinski definition) is 2. The molecule has 2 aromatic rings. The fraction of sp³-hybridized carbons (Fsp3) is 0.364. The van der Waals surface area contributed by atoms with Gasteiger partial charge in [0.15, 0.2) is 5.13 Å². The van der Waals surface area contributed by atoms with Crippen LogP contribution in [0, 0.1) is 6.92 Å². The average Bonchev–Trinajstić information content (AvgIpc) is 2.66. The minimum Gasteiger partial charge on any atom is -0.316 e. The van der Waals surface area contributed by atoms with Crippen molar-refractivity contribution < 1.29 is 0 Å². The molecule has 2 aromatic heterocycles. The van der Waals surface area contributed by atoms with E-state index in [9.17, 15) is 0 Å². The second-order valence-electron chi connectivity index (χ2n) is 4.04. The quantitative estimate of drug-likeness (QED) is 0.864. The fourth-order valence-corrected chi connectivity index (χ4v) is 2.29. The SMILES string of the molecule is Cc1nc(Nc2nccs2)cc(C2CNC2)n1. The van der Waals surface area contributed by atoms with Gasteiger partial charge in [0.2, 0.25) is 0 Å². The topological polar surface area (TPSA) is 62.7 Å². The van der Waals surface area contributed by atoms with E-state index in [0.717, 1.165) is 35.6 Å². The van der Waals surface area contributed by atoms with Crippen LogP contribution >= 0.6 is 11.3 Å². The Kier molecular flexibility index (Phi) is 2.74. The van der Waals surface area contributed by atoms with Crippen molar-refractivity contribution in [1.29, 1.82) is 0 Å². The Morgan fingerprint density at radius 3 is 2.94 bits per heavy atom. The number of anilines is 2. The van der Waals surface area contributed by atoms with Crippen LogP contribution in [0.25, 0.3) is 0 Å². The highest BCUT2D eigenvalue weighted by Crippen LogP contribution is 2.22. The van der Waals surface area contributed by atoms with Crippen molar-refractivity contribution in [3.8, 4) is 0 Å². The van der Waals surface area contributed by atoms with E-state index >= 15 is 0 Å². The molecule has 1 aliphatic rings. The Balaban J connectivity index is 1.86. The molecular formula is C11H13N5S. The van der Waals surface area contributed by atoms with Gasteiger partial charge in [-0.2, -0.15) is 0 Å². The summed E-state index contributed by atoms with van der Waals surface area (Å²) in [5.74, 6) is 2.15. The van der Waals surface area contributed by atoms with E-state index in [-0.39, 0.29) is 0 Å². The summed E-state index contributed by atoms with van der Waals surface area (Å²) < 4.78 is 0. The fourth-order valence-electron chi connectivity index (χ4n) is 1.76. The molecule has 3 rings (SSSR count). The van der Waals surface area contributed by atoms with Crippen LogP contribution in [0.2, 0.25) is 0 Å². The molecule has 0 unspecified atom stereocenters. The Labute approximate surface area is 103 Å². The second kappa shape index (κ2) is 4.38. The number of nitrogens with zero attached hydrogens (tertiary/aromatic N) is 3. The first-order valence-electron chi connectivity index (χ1n) is 5.54. The van der Waals surface area contributed by atoms with Crippen LogP contribution in [-0.2, 0) is 0 Å². The monoisotopic (exact) mass is 247 g/mol. The van der Waals surface area contributed by atoms with Gasteiger partial charge in [0, 0.05) is 36.7 Å². The lowest BCUT2D eigenvalue weighted by atomic mass is 9.99. The molecule has 0 aromatic carbocycles. The van der Waals surface area contributed by atoms with E-state index < -0.39 is 0 Å². The minimum atomic E-state index is 0.522. The molecule has 0 radical (unpaired) electrons. The maximum atomic E-state index is 4.48. The van der Waals surface area contributed by atoms with Gasteiger partial charge < -0.3 is 10.6 Å². The highest BCUT2D eigenvalue weighted by atomic mass is 32.1. The summed E-state index contributed by atoms with van der Waals surface area (Å²) in [5, 5.41) is 9.26. The Morgan fingerprint density at radius 1 is 1.41 bits per heavy atom. The molecule has 88 valence electrons. The Hall–Kier alpha value is -1.53. The van der Waals surface area contributed by atoms with Crippen molar-refractivity contribution in [2.45, 2.75) is 12.8 Å². The zero-order valence-corrected chi connectivity index (χ0v) is 10.3. The van der Waals surface area contributed by atoms with E-state index in [1.54, 1.807) is 17.5 Å². The smallest absolute Gasteiger partial charge is 0.188 e. The van der Waals surface area contributed by atoms with Gasteiger partial charge in [0.05, 0.1) is 5.69 Å². The van der Waals surface area contributed by atoms with Gasteiger partial charge in [-0.3, -0.25) is 0 Å². The summed E-state index contributed by atoms with van der Waals surface area (Å²) in [7, 11) is 0. The van der Waals surface area contributed by atoms with Crippen molar-refractivity contribution >= 4 is 22.3 Å². The number of rotatable bonds is 3. The third-order valence-electron chi connectivity index (χ3n) is 2.72. The van der Waals surface area contributed by atoms with Gasteiger partial charge in [-0.1, -0.05) is 0 Å². The highest BCUT2D eigenvalue weighted by molar-refractivity contribution is 7.13. The zero-order valence-electron chi connectivity index (χ0n) is 9.47. The maximum absolute atomic E-state index is 4.48. The molecule has 0 atom stereocenters. The first kappa shape index (κ1) is 10.6. The van der Waals surface area contributed by atoms with Crippen LogP contribution in [0.15, 0.2) is 17.6 Å². The molecule has 2 N–H and O–H groups in total. The molecule has 1 aliphatic heterocycles. The number of aryl methyl sites for hydroxylation is 1. The number of hydrogen-bond acceptors (Lipinski definition) is 6. The predicted molar refractivity (Wildman–Crippen MR) is 67.8 cm³/mol. The molecule has 1 fully saturated rings. The molecule has 0 bridgehead atoms. The van der Waals surface area contributed by atoms with Crippen molar-refractivity contribution in [2.24, 2.45) is 0 Å². The molecule has 3 heterocycles. The summed E-state index contributed by atoms with van der Waals surface area (Å²) in [6.07, 6.45) is 1.78. The zero-order chi connectivity index (χ0) is 11.7. The van der Waals surface area contributed by atoms with Crippen molar-refractivity contribution in [1.82, 2.24) is 20.3 Å². The predicted octanol–water partition coefficient (Wildman–Crippen LogP) is 1.67. The summed E-state index contributed by atoms with van der Waals surface area (Å²) in [5.41, 5.74) is 1.11. The normalized spacial score (nSPS) is 15.6.